The van der Waals surface area contributed by atoms with Gasteiger partial charge < -0.3 is 9.84 Å². The van der Waals surface area contributed by atoms with Crippen LogP contribution in [-0.2, 0) is 6.54 Å². The molecule has 0 aromatic heterocycles. The summed E-state index contributed by atoms with van der Waals surface area (Å²) in [6.45, 7) is 8.27. The summed E-state index contributed by atoms with van der Waals surface area (Å²) in [7, 11) is 0. The first-order chi connectivity index (χ1) is 11.2. The lowest BCUT2D eigenvalue weighted by Crippen LogP contribution is -2.46. The lowest BCUT2D eigenvalue weighted by molar-refractivity contribution is -0.135. The molecule has 2 rings (SSSR count). The van der Waals surface area contributed by atoms with Gasteiger partial charge in [-0.05, 0) is 43.0 Å². The second kappa shape index (κ2) is 7.92. The van der Waals surface area contributed by atoms with Crippen molar-refractivity contribution in [3.8, 4) is 5.75 Å². The Morgan fingerprint density at radius 3 is 2.62 bits per heavy atom. The Morgan fingerprint density at radius 2 is 2.04 bits per heavy atom. The first kappa shape index (κ1) is 18.6. The molecule has 1 saturated heterocycles. The molecule has 0 radical (unpaired) electrons. The summed E-state index contributed by atoms with van der Waals surface area (Å²) in [4.78, 5) is 2.23. The van der Waals surface area contributed by atoms with Crippen molar-refractivity contribution in [3.63, 3.8) is 0 Å². The number of aliphatic hydroxyl groups is 1. The predicted molar refractivity (Wildman–Crippen MR) is 87.1 cm³/mol. The summed E-state index contributed by atoms with van der Waals surface area (Å²) in [5.74, 6) is 1.11. The van der Waals surface area contributed by atoms with Crippen molar-refractivity contribution in [1.29, 1.82) is 0 Å². The van der Waals surface area contributed by atoms with E-state index in [-0.39, 0.29) is 18.1 Å². The van der Waals surface area contributed by atoms with E-state index < -0.39 is 12.6 Å². The molecule has 1 aliphatic heterocycles. The first-order valence-electron chi connectivity index (χ1n) is 8.14. The van der Waals surface area contributed by atoms with Crippen molar-refractivity contribution in [1.82, 2.24) is 4.90 Å². The quantitative estimate of drug-likeness (QED) is 0.553. The molecule has 24 heavy (non-hydrogen) atoms. The Hall–Kier alpha value is -1.69. The predicted octanol–water partition coefficient (Wildman–Crippen LogP) is 4.61. The van der Waals surface area contributed by atoms with Crippen molar-refractivity contribution in [2.24, 2.45) is 5.92 Å². The molecule has 0 bridgehead atoms. The van der Waals surface area contributed by atoms with Gasteiger partial charge in [-0.2, -0.15) is 13.2 Å². The fraction of sp³-hybridized carbons (Fsp3) is 0.556. The van der Waals surface area contributed by atoms with Gasteiger partial charge in [-0.3, -0.25) is 4.90 Å². The van der Waals surface area contributed by atoms with Gasteiger partial charge in [0.15, 0.2) is 0 Å². The number of likely N-dealkylation sites (tertiary alicyclic amines) is 1. The molecule has 134 valence electrons. The molecular weight excluding hydrogens is 319 g/mol. The zero-order valence-corrected chi connectivity index (χ0v) is 13.9. The van der Waals surface area contributed by atoms with Crippen molar-refractivity contribution >= 4 is 0 Å². The number of nitrogens with zero attached hydrogens (tertiary/aromatic N) is 1. The number of unbranched alkanes of at least 4 members (excludes halogenated alkanes) is 1. The van der Waals surface area contributed by atoms with E-state index in [4.69, 9.17) is 4.74 Å². The first-order valence-corrected chi connectivity index (χ1v) is 8.14. The second-order valence-electron chi connectivity index (χ2n) is 6.39. The van der Waals surface area contributed by atoms with Gasteiger partial charge in [0.05, 0.1) is 12.4 Å². The lowest BCUT2D eigenvalue weighted by Gasteiger charge is -2.38. The second-order valence-corrected chi connectivity index (χ2v) is 6.39. The zero-order valence-electron chi connectivity index (χ0n) is 13.9. The molecule has 0 saturated carbocycles. The van der Waals surface area contributed by atoms with Crippen LogP contribution >= 0.6 is 0 Å². The van der Waals surface area contributed by atoms with Crippen molar-refractivity contribution < 1.29 is 23.0 Å². The molecule has 0 unspecified atom stereocenters. The highest BCUT2D eigenvalue weighted by atomic mass is 19.4. The third-order valence-electron chi connectivity index (χ3n) is 4.26. The molecule has 6 heteroatoms. The van der Waals surface area contributed by atoms with E-state index in [2.05, 4.69) is 11.5 Å². The van der Waals surface area contributed by atoms with Crippen LogP contribution < -0.4 is 4.74 Å². The minimum Gasteiger partial charge on any atom is -0.513 e. The van der Waals surface area contributed by atoms with Crippen LogP contribution in [0.4, 0.5) is 13.2 Å². The lowest BCUT2D eigenvalue weighted by atomic mass is 9.97. The van der Waals surface area contributed by atoms with Crippen LogP contribution in [0.1, 0.15) is 30.4 Å². The molecule has 1 aliphatic rings. The third kappa shape index (κ3) is 5.74. The summed E-state index contributed by atoms with van der Waals surface area (Å²) < 4.78 is 41.7. The average molecular weight is 343 g/mol. The molecule has 0 amide bonds. The zero-order chi connectivity index (χ0) is 17.7. The third-order valence-corrected chi connectivity index (χ3v) is 4.26. The maximum atomic E-state index is 12.0. The minimum atomic E-state index is -4.09. The molecular formula is C18H24F3NO2. The number of rotatable bonds is 8. The standard InChI is InChI=1S/C18H24F3NO2/c1-13-9-17(24-8-4-3-7-18(19,20)21)6-5-15(13)10-22-11-16(12-22)14(2)23/h5-6,9,16,23H,2-4,7-8,10-12H2,1H3. The molecule has 1 fully saturated rings. The highest BCUT2D eigenvalue weighted by molar-refractivity contribution is 5.35. The topological polar surface area (TPSA) is 32.7 Å². The van der Waals surface area contributed by atoms with Gasteiger partial charge in [0.1, 0.15) is 5.75 Å². The number of aryl methyl sites for hydroxylation is 1. The van der Waals surface area contributed by atoms with Crippen molar-refractivity contribution in [3.05, 3.63) is 41.7 Å². The molecule has 1 heterocycles. The Morgan fingerprint density at radius 1 is 1.33 bits per heavy atom. The molecule has 0 spiro atoms. The number of ether oxygens (including phenoxy) is 1. The minimum absolute atomic E-state index is 0.0901. The van der Waals surface area contributed by atoms with Gasteiger partial charge in [-0.1, -0.05) is 12.6 Å². The van der Waals surface area contributed by atoms with Gasteiger partial charge >= 0.3 is 6.18 Å². The Balaban J connectivity index is 1.73. The summed E-state index contributed by atoms with van der Waals surface area (Å²) in [6, 6.07) is 5.76. The summed E-state index contributed by atoms with van der Waals surface area (Å²) >= 11 is 0. The largest absolute Gasteiger partial charge is 0.513 e. The van der Waals surface area contributed by atoms with E-state index in [1.807, 2.05) is 25.1 Å². The van der Waals surface area contributed by atoms with Crippen LogP contribution in [0, 0.1) is 12.8 Å². The SMILES string of the molecule is C=C(O)C1CN(Cc2ccc(OCCCCC(F)(F)F)cc2C)C1. The Kier molecular flexibility index (Phi) is 6.15. The van der Waals surface area contributed by atoms with Gasteiger partial charge in [-0.15, -0.1) is 0 Å². The smallest absolute Gasteiger partial charge is 0.389 e. The highest BCUT2D eigenvalue weighted by Crippen LogP contribution is 2.26. The molecule has 1 aromatic carbocycles. The summed E-state index contributed by atoms with van der Waals surface area (Å²) in [6.07, 6.45) is -4.37. The highest BCUT2D eigenvalue weighted by Gasteiger charge is 2.29. The van der Waals surface area contributed by atoms with Gasteiger partial charge in [0.2, 0.25) is 0 Å². The summed E-state index contributed by atoms with van der Waals surface area (Å²) in [5.41, 5.74) is 2.27. The van der Waals surface area contributed by atoms with Crippen LogP contribution in [0.5, 0.6) is 5.75 Å². The number of alkyl halides is 3. The van der Waals surface area contributed by atoms with E-state index in [0.717, 1.165) is 25.2 Å². The number of halogens is 3. The van der Waals surface area contributed by atoms with Crippen LogP contribution in [0.25, 0.3) is 0 Å². The summed E-state index contributed by atoms with van der Waals surface area (Å²) in [5, 5.41) is 9.31. The van der Waals surface area contributed by atoms with E-state index in [0.29, 0.717) is 18.8 Å². The molecule has 1 aromatic rings. The maximum Gasteiger partial charge on any atom is 0.389 e. The Labute approximate surface area is 140 Å². The van der Waals surface area contributed by atoms with Crippen LogP contribution in [0.3, 0.4) is 0 Å². The van der Waals surface area contributed by atoms with Crippen LogP contribution in [-0.4, -0.2) is 35.9 Å². The van der Waals surface area contributed by atoms with E-state index in [1.54, 1.807) is 0 Å². The van der Waals surface area contributed by atoms with Gasteiger partial charge in [-0.25, -0.2) is 0 Å². The van der Waals surface area contributed by atoms with Gasteiger partial charge in [0, 0.05) is 32.0 Å². The molecule has 1 N–H and O–H groups in total. The molecule has 0 aliphatic carbocycles. The van der Waals surface area contributed by atoms with E-state index in [9.17, 15) is 18.3 Å². The fourth-order valence-electron chi connectivity index (χ4n) is 2.70. The number of hydrogen-bond acceptors (Lipinski definition) is 3. The average Bonchev–Trinajstić information content (AvgIpc) is 2.42. The number of hydrogen-bond donors (Lipinski definition) is 1. The van der Waals surface area contributed by atoms with Crippen molar-refractivity contribution in [2.75, 3.05) is 19.7 Å². The molecule has 3 nitrogen and oxygen atoms in total. The Bertz CT molecular complexity index is 566. The number of aliphatic hydroxyl groups excluding tert-OH is 1. The van der Waals surface area contributed by atoms with Crippen molar-refractivity contribution in [2.45, 2.75) is 38.9 Å². The van der Waals surface area contributed by atoms with Gasteiger partial charge in [0.25, 0.3) is 0 Å². The molecule has 0 atom stereocenters. The van der Waals surface area contributed by atoms with Crippen LogP contribution in [0.15, 0.2) is 30.5 Å². The number of benzene rings is 1. The monoisotopic (exact) mass is 343 g/mol. The fourth-order valence-corrected chi connectivity index (χ4v) is 2.70. The maximum absolute atomic E-state index is 12.0. The normalized spacial score (nSPS) is 16.0. The van der Waals surface area contributed by atoms with E-state index >= 15 is 0 Å². The van der Waals surface area contributed by atoms with E-state index in [1.165, 1.54) is 5.56 Å². The van der Waals surface area contributed by atoms with Crippen LogP contribution in [0.2, 0.25) is 0 Å².